The molecule has 0 heterocycles. The van der Waals surface area contributed by atoms with Crippen LogP contribution in [0.15, 0.2) is 24.3 Å². The van der Waals surface area contributed by atoms with Gasteiger partial charge >= 0.3 is 0 Å². The summed E-state index contributed by atoms with van der Waals surface area (Å²) in [5.41, 5.74) is 1.49. The van der Waals surface area contributed by atoms with Gasteiger partial charge in [0.25, 0.3) is 0 Å². The van der Waals surface area contributed by atoms with Crippen molar-refractivity contribution >= 4 is 34.6 Å². The highest BCUT2D eigenvalue weighted by molar-refractivity contribution is 7.92. The Bertz CT molecular complexity index is 460. The van der Waals surface area contributed by atoms with Crippen molar-refractivity contribution in [3.8, 4) is 0 Å². The Kier molecular flexibility index (Phi) is 5.66. The van der Waals surface area contributed by atoms with Gasteiger partial charge in [0.15, 0.2) is 0 Å². The fourth-order valence-electron chi connectivity index (χ4n) is 5.79. The van der Waals surface area contributed by atoms with E-state index >= 15 is 0 Å². The summed E-state index contributed by atoms with van der Waals surface area (Å²) in [4.78, 5) is 0. The van der Waals surface area contributed by atoms with Gasteiger partial charge in [0, 0.05) is 22.8 Å². The van der Waals surface area contributed by atoms with Gasteiger partial charge in [0.2, 0.25) is 0 Å². The van der Waals surface area contributed by atoms with Crippen LogP contribution in [0, 0.1) is 0 Å². The highest BCUT2D eigenvalue weighted by Crippen LogP contribution is 2.36. The Balaban J connectivity index is 3.71. The minimum absolute atomic E-state index is 0.635. The quantitative estimate of drug-likeness (QED) is 0.585. The predicted molar refractivity (Wildman–Crippen MR) is 116 cm³/mol. The fraction of sp³-hybridized carbons (Fsp3) is 0.667. The molecular formula is C18H38Si4. The van der Waals surface area contributed by atoms with Crippen molar-refractivity contribution in [2.75, 3.05) is 0 Å². The maximum Gasteiger partial charge on any atom is 0.0685 e. The molecule has 0 amide bonds. The topological polar surface area (TPSA) is 0 Å². The zero-order valence-electron chi connectivity index (χ0n) is 16.9. The first-order valence-corrected chi connectivity index (χ1v) is 24.3. The van der Waals surface area contributed by atoms with E-state index in [1.54, 1.807) is 5.19 Å². The molecule has 0 fully saturated rings. The van der Waals surface area contributed by atoms with Crippen LogP contribution in [0.2, 0.25) is 58.9 Å². The molecule has 1 aromatic carbocycles. The highest BCUT2D eigenvalue weighted by atomic mass is 29.9. The molecule has 0 nitrogen and oxygen atoms in total. The van der Waals surface area contributed by atoms with Crippen molar-refractivity contribution in [1.29, 1.82) is 0 Å². The maximum atomic E-state index is 2.67. The molecule has 0 aliphatic heterocycles. The Morgan fingerprint density at radius 2 is 0.909 bits per heavy atom. The van der Waals surface area contributed by atoms with E-state index in [1.165, 1.54) is 5.56 Å². The molecule has 1 aromatic rings. The molecule has 0 bridgehead atoms. The van der Waals surface area contributed by atoms with Crippen molar-refractivity contribution in [3.63, 3.8) is 0 Å². The zero-order valence-corrected chi connectivity index (χ0v) is 20.9. The standard InChI is InChI=1S/C18H38Si4/c1-16(2)17-12-14-18(15-13-17)22(19(3,4)5,20(6,7)8)21(9,10)11/h12-16H,1-11H3. The molecule has 0 radical (unpaired) electrons. The highest BCUT2D eigenvalue weighted by Gasteiger charge is 2.62. The molecule has 0 aliphatic rings. The molecule has 0 spiro atoms. The molecule has 0 saturated heterocycles. The monoisotopic (exact) mass is 366 g/mol. The normalized spacial score (nSPS) is 14.5. The third-order valence-corrected chi connectivity index (χ3v) is 76.7. The van der Waals surface area contributed by atoms with Crippen molar-refractivity contribution < 1.29 is 0 Å². The second-order valence-electron chi connectivity index (χ2n) is 10.3. The lowest BCUT2D eigenvalue weighted by atomic mass is 10.0. The van der Waals surface area contributed by atoms with Crippen LogP contribution in [0.25, 0.3) is 0 Å². The van der Waals surface area contributed by atoms with Gasteiger partial charge in [0.05, 0.1) is 6.63 Å². The molecule has 4 heteroatoms. The van der Waals surface area contributed by atoms with Crippen molar-refractivity contribution in [1.82, 2.24) is 0 Å². The molecule has 0 unspecified atom stereocenters. The maximum absolute atomic E-state index is 2.67. The minimum Gasteiger partial charge on any atom is -0.0716 e. The van der Waals surface area contributed by atoms with Gasteiger partial charge in [-0.2, -0.15) is 0 Å². The van der Waals surface area contributed by atoms with Crippen LogP contribution in [0.4, 0.5) is 0 Å². The first kappa shape index (κ1) is 20.1. The van der Waals surface area contributed by atoms with Gasteiger partial charge in [-0.05, 0) is 11.5 Å². The van der Waals surface area contributed by atoms with Gasteiger partial charge in [-0.3, -0.25) is 0 Å². The van der Waals surface area contributed by atoms with Gasteiger partial charge in [-0.25, -0.2) is 0 Å². The van der Waals surface area contributed by atoms with Gasteiger partial charge in [0.1, 0.15) is 0 Å². The van der Waals surface area contributed by atoms with E-state index in [2.05, 4.69) is 97.0 Å². The molecule has 0 saturated carbocycles. The zero-order chi connectivity index (χ0) is 17.6. The largest absolute Gasteiger partial charge is 0.0716 e. The van der Waals surface area contributed by atoms with Crippen molar-refractivity contribution in [2.24, 2.45) is 0 Å². The van der Waals surface area contributed by atoms with E-state index in [9.17, 15) is 0 Å². The van der Waals surface area contributed by atoms with Crippen LogP contribution in [0.3, 0.4) is 0 Å². The van der Waals surface area contributed by atoms with Crippen LogP contribution in [-0.2, 0) is 0 Å². The summed E-state index contributed by atoms with van der Waals surface area (Å²) in [7, 11) is -3.69. The van der Waals surface area contributed by atoms with Crippen LogP contribution >= 0.6 is 0 Å². The predicted octanol–water partition coefficient (Wildman–Crippen LogP) is 5.72. The summed E-state index contributed by atoms with van der Waals surface area (Å²) < 4.78 is 0. The van der Waals surface area contributed by atoms with Crippen LogP contribution in [0.5, 0.6) is 0 Å². The summed E-state index contributed by atoms with van der Waals surface area (Å²) in [5, 5.41) is 1.80. The summed E-state index contributed by atoms with van der Waals surface area (Å²) in [6, 6.07) is 9.97. The van der Waals surface area contributed by atoms with E-state index in [0.717, 1.165) is 0 Å². The lowest BCUT2D eigenvalue weighted by Gasteiger charge is -2.57. The molecule has 0 aromatic heterocycles. The minimum atomic E-state index is -1.42. The second kappa shape index (κ2) is 6.19. The third-order valence-electron chi connectivity index (χ3n) is 5.39. The SMILES string of the molecule is CC(C)c1ccc([Si]([Si](C)(C)C)([Si](C)(C)C)[Si](C)(C)C)cc1. The Hall–Kier alpha value is 0.0875. The van der Waals surface area contributed by atoms with E-state index in [0.29, 0.717) is 5.92 Å². The molecule has 0 atom stereocenters. The smallest absolute Gasteiger partial charge is 0.0685 e. The molecule has 0 N–H and O–H groups in total. The van der Waals surface area contributed by atoms with Crippen LogP contribution in [0.1, 0.15) is 25.3 Å². The average molecular weight is 367 g/mol. The summed E-state index contributed by atoms with van der Waals surface area (Å²) >= 11 is 0. The van der Waals surface area contributed by atoms with E-state index in [1.807, 2.05) is 0 Å². The molecule has 1 rings (SSSR count). The molecule has 126 valence electrons. The number of hydrogen-bond donors (Lipinski definition) is 0. The first-order chi connectivity index (χ1) is 9.66. The second-order valence-corrected chi connectivity index (χ2v) is 50.6. The Labute approximate surface area is 143 Å². The average Bonchev–Trinajstić information content (AvgIpc) is 2.23. The van der Waals surface area contributed by atoms with E-state index in [-0.39, 0.29) is 0 Å². The van der Waals surface area contributed by atoms with Crippen LogP contribution < -0.4 is 5.19 Å². The number of rotatable bonds is 5. The first-order valence-electron chi connectivity index (χ1n) is 8.76. The third kappa shape index (κ3) is 3.30. The summed E-state index contributed by atoms with van der Waals surface area (Å²) in [6.45, 7) is 27.2. The van der Waals surface area contributed by atoms with E-state index in [4.69, 9.17) is 0 Å². The Morgan fingerprint density at radius 1 is 0.591 bits per heavy atom. The van der Waals surface area contributed by atoms with Crippen LogP contribution in [-0.4, -0.2) is 29.4 Å². The van der Waals surface area contributed by atoms with E-state index < -0.39 is 29.4 Å². The molecule has 22 heavy (non-hydrogen) atoms. The lowest BCUT2D eigenvalue weighted by molar-refractivity contribution is 0.867. The number of benzene rings is 1. The van der Waals surface area contributed by atoms with Crippen molar-refractivity contribution in [3.05, 3.63) is 29.8 Å². The summed E-state index contributed by atoms with van der Waals surface area (Å²) in [5.74, 6) is 0.635. The van der Waals surface area contributed by atoms with Gasteiger partial charge in [-0.1, -0.05) is 102 Å². The lowest BCUT2D eigenvalue weighted by Crippen LogP contribution is -2.88. The molecular weight excluding hydrogens is 329 g/mol. The Morgan fingerprint density at radius 3 is 1.14 bits per heavy atom. The fourth-order valence-corrected chi connectivity index (χ4v) is 106. The summed E-state index contributed by atoms with van der Waals surface area (Å²) in [6.07, 6.45) is 0. The van der Waals surface area contributed by atoms with Gasteiger partial charge < -0.3 is 0 Å². The van der Waals surface area contributed by atoms with Crippen molar-refractivity contribution in [2.45, 2.75) is 78.7 Å². The molecule has 0 aliphatic carbocycles. The van der Waals surface area contributed by atoms with Gasteiger partial charge in [-0.15, -0.1) is 0 Å². The number of hydrogen-bond acceptors (Lipinski definition) is 0.